The average molecular weight is 339 g/mol. The third kappa shape index (κ3) is 3.88. The fourth-order valence-electron chi connectivity index (χ4n) is 2.97. The van der Waals surface area contributed by atoms with Crippen molar-refractivity contribution in [1.29, 1.82) is 0 Å². The van der Waals surface area contributed by atoms with Gasteiger partial charge in [0.15, 0.2) is 6.10 Å². The summed E-state index contributed by atoms with van der Waals surface area (Å²) in [6.07, 6.45) is -0.0270. The van der Waals surface area contributed by atoms with Gasteiger partial charge in [0.2, 0.25) is 0 Å². The van der Waals surface area contributed by atoms with Crippen molar-refractivity contribution in [3.8, 4) is 0 Å². The molecule has 1 amide bonds. The lowest BCUT2D eigenvalue weighted by atomic mass is 9.99. The Morgan fingerprint density at radius 3 is 2.48 bits per heavy atom. The number of amides is 1. The first-order chi connectivity index (χ1) is 12.1. The van der Waals surface area contributed by atoms with Gasteiger partial charge in [0.05, 0.1) is 12.2 Å². The van der Waals surface area contributed by atoms with Gasteiger partial charge in [-0.2, -0.15) is 0 Å². The van der Waals surface area contributed by atoms with Crippen LogP contribution in [0.5, 0.6) is 0 Å². The molecule has 0 radical (unpaired) electrons. The van der Waals surface area contributed by atoms with Crippen LogP contribution in [0.25, 0.3) is 0 Å². The van der Waals surface area contributed by atoms with Crippen molar-refractivity contribution < 1.29 is 19.4 Å². The van der Waals surface area contributed by atoms with Crippen molar-refractivity contribution in [1.82, 2.24) is 4.90 Å². The molecule has 130 valence electrons. The summed E-state index contributed by atoms with van der Waals surface area (Å²) in [5.41, 5.74) is 3.48. The van der Waals surface area contributed by atoms with Crippen LogP contribution in [0.3, 0.4) is 0 Å². The standard InChI is InChI=1S/C20H21NO4/c1-14(25-20(24)17-8-6-15(13-22)7-9-17)19(23)21-11-10-16-4-2-3-5-18(16)12-21/h2-9,14,22H,10-13H2,1H3/t14-/m1/s1. The lowest BCUT2D eigenvalue weighted by molar-refractivity contribution is -0.140. The SMILES string of the molecule is C[C@@H](OC(=O)c1ccc(CO)cc1)C(=O)N1CCc2ccccc2C1. The number of ether oxygens (including phenoxy) is 1. The molecule has 2 aromatic rings. The number of nitrogens with zero attached hydrogens (tertiary/aromatic N) is 1. The fourth-order valence-corrected chi connectivity index (χ4v) is 2.97. The molecule has 1 atom stereocenters. The number of hydrogen-bond acceptors (Lipinski definition) is 4. The molecular formula is C20H21NO4. The smallest absolute Gasteiger partial charge is 0.338 e. The fraction of sp³-hybridized carbons (Fsp3) is 0.300. The highest BCUT2D eigenvalue weighted by Gasteiger charge is 2.27. The molecule has 0 saturated heterocycles. The highest BCUT2D eigenvalue weighted by Crippen LogP contribution is 2.19. The summed E-state index contributed by atoms with van der Waals surface area (Å²) in [5, 5.41) is 9.03. The molecule has 3 rings (SSSR count). The summed E-state index contributed by atoms with van der Waals surface area (Å²) in [6, 6.07) is 14.6. The van der Waals surface area contributed by atoms with Crippen LogP contribution in [0.15, 0.2) is 48.5 Å². The normalized spacial score (nSPS) is 14.6. The zero-order valence-electron chi connectivity index (χ0n) is 14.1. The van der Waals surface area contributed by atoms with E-state index in [2.05, 4.69) is 6.07 Å². The second-order valence-electron chi connectivity index (χ2n) is 6.18. The first kappa shape index (κ1) is 17.2. The predicted octanol–water partition coefficient (Wildman–Crippen LogP) is 2.31. The van der Waals surface area contributed by atoms with Gasteiger partial charge in [-0.05, 0) is 42.2 Å². The summed E-state index contributed by atoms with van der Waals surface area (Å²) >= 11 is 0. The van der Waals surface area contributed by atoms with Gasteiger partial charge >= 0.3 is 5.97 Å². The van der Waals surface area contributed by atoms with Crippen molar-refractivity contribution >= 4 is 11.9 Å². The third-order valence-electron chi connectivity index (χ3n) is 4.45. The molecule has 0 aromatic heterocycles. The second-order valence-corrected chi connectivity index (χ2v) is 6.18. The molecule has 0 unspecified atom stereocenters. The second kappa shape index (κ2) is 7.49. The van der Waals surface area contributed by atoms with E-state index in [-0.39, 0.29) is 12.5 Å². The monoisotopic (exact) mass is 339 g/mol. The number of aliphatic hydroxyl groups excluding tert-OH is 1. The molecule has 0 aliphatic carbocycles. The van der Waals surface area contributed by atoms with Gasteiger partial charge in [0.1, 0.15) is 0 Å². The molecule has 25 heavy (non-hydrogen) atoms. The summed E-state index contributed by atoms with van der Waals surface area (Å²) in [6.45, 7) is 2.69. The van der Waals surface area contributed by atoms with Crippen LogP contribution < -0.4 is 0 Å². The molecule has 2 aromatic carbocycles. The van der Waals surface area contributed by atoms with Crippen molar-refractivity contribution in [3.05, 3.63) is 70.8 Å². The molecule has 5 nitrogen and oxygen atoms in total. The van der Waals surface area contributed by atoms with Gasteiger partial charge in [0, 0.05) is 13.1 Å². The topological polar surface area (TPSA) is 66.8 Å². The molecule has 1 aliphatic heterocycles. The Morgan fingerprint density at radius 1 is 1.12 bits per heavy atom. The highest BCUT2D eigenvalue weighted by molar-refractivity contribution is 5.92. The Hall–Kier alpha value is -2.66. The Kier molecular flexibility index (Phi) is 5.14. The van der Waals surface area contributed by atoms with E-state index in [4.69, 9.17) is 9.84 Å². The van der Waals surface area contributed by atoms with Crippen molar-refractivity contribution in [2.24, 2.45) is 0 Å². The van der Waals surface area contributed by atoms with Crippen molar-refractivity contribution in [3.63, 3.8) is 0 Å². The van der Waals surface area contributed by atoms with Crippen LogP contribution >= 0.6 is 0 Å². The highest BCUT2D eigenvalue weighted by atomic mass is 16.5. The number of hydrogen-bond donors (Lipinski definition) is 1. The van der Waals surface area contributed by atoms with Crippen LogP contribution in [-0.2, 0) is 29.1 Å². The molecule has 1 N–H and O–H groups in total. The number of esters is 1. The third-order valence-corrected chi connectivity index (χ3v) is 4.45. The average Bonchev–Trinajstić information content (AvgIpc) is 2.67. The molecule has 0 bridgehead atoms. The van der Waals surface area contributed by atoms with Gasteiger partial charge in [-0.1, -0.05) is 36.4 Å². The molecule has 5 heteroatoms. The quantitative estimate of drug-likeness (QED) is 0.868. The maximum absolute atomic E-state index is 12.6. The number of rotatable bonds is 4. The van der Waals surface area contributed by atoms with E-state index in [0.717, 1.165) is 12.0 Å². The van der Waals surface area contributed by atoms with E-state index in [9.17, 15) is 9.59 Å². The Bertz CT molecular complexity index is 770. The van der Waals surface area contributed by atoms with E-state index in [1.165, 1.54) is 5.56 Å². The summed E-state index contributed by atoms with van der Waals surface area (Å²) < 4.78 is 5.32. The van der Waals surface area contributed by atoms with Crippen LogP contribution in [0.4, 0.5) is 0 Å². The molecule has 0 spiro atoms. The van der Waals surface area contributed by atoms with E-state index in [0.29, 0.717) is 24.2 Å². The maximum Gasteiger partial charge on any atom is 0.338 e. The Labute approximate surface area is 146 Å². The summed E-state index contributed by atoms with van der Waals surface area (Å²) in [5.74, 6) is -0.724. The van der Waals surface area contributed by atoms with Gasteiger partial charge in [0.25, 0.3) is 5.91 Å². The summed E-state index contributed by atoms with van der Waals surface area (Å²) in [7, 11) is 0. The zero-order valence-corrected chi connectivity index (χ0v) is 14.1. The first-order valence-corrected chi connectivity index (χ1v) is 8.35. The minimum Gasteiger partial charge on any atom is -0.449 e. The summed E-state index contributed by atoms with van der Waals surface area (Å²) in [4.78, 5) is 26.5. The molecular weight excluding hydrogens is 318 g/mol. The van der Waals surface area contributed by atoms with E-state index in [1.807, 2.05) is 18.2 Å². The zero-order chi connectivity index (χ0) is 17.8. The Balaban J connectivity index is 1.61. The van der Waals surface area contributed by atoms with Gasteiger partial charge in [-0.3, -0.25) is 4.79 Å². The van der Waals surface area contributed by atoms with Gasteiger partial charge < -0.3 is 14.7 Å². The largest absolute Gasteiger partial charge is 0.449 e. The lowest BCUT2D eigenvalue weighted by Crippen LogP contribution is -2.42. The molecule has 1 heterocycles. The predicted molar refractivity (Wildman–Crippen MR) is 92.8 cm³/mol. The molecule has 1 aliphatic rings. The number of benzene rings is 2. The molecule has 0 saturated carbocycles. The number of carbonyl (C=O) groups excluding carboxylic acids is 2. The van der Waals surface area contributed by atoms with Crippen LogP contribution in [0.2, 0.25) is 0 Å². The van der Waals surface area contributed by atoms with Crippen molar-refractivity contribution in [2.75, 3.05) is 6.54 Å². The first-order valence-electron chi connectivity index (χ1n) is 8.35. The van der Waals surface area contributed by atoms with Crippen LogP contribution in [0.1, 0.15) is 34.0 Å². The lowest BCUT2D eigenvalue weighted by Gasteiger charge is -2.30. The minimum absolute atomic E-state index is 0.0827. The van der Waals surface area contributed by atoms with E-state index < -0.39 is 12.1 Å². The number of aliphatic hydroxyl groups is 1. The van der Waals surface area contributed by atoms with Crippen LogP contribution in [0, 0.1) is 0 Å². The minimum atomic E-state index is -0.838. The van der Waals surface area contributed by atoms with Crippen LogP contribution in [-0.4, -0.2) is 34.5 Å². The Morgan fingerprint density at radius 2 is 1.80 bits per heavy atom. The van der Waals surface area contributed by atoms with Gasteiger partial charge in [-0.25, -0.2) is 4.79 Å². The van der Waals surface area contributed by atoms with E-state index in [1.54, 1.807) is 36.1 Å². The number of carbonyl (C=O) groups is 2. The van der Waals surface area contributed by atoms with Crippen molar-refractivity contribution in [2.45, 2.75) is 32.6 Å². The maximum atomic E-state index is 12.6. The van der Waals surface area contributed by atoms with Gasteiger partial charge in [-0.15, -0.1) is 0 Å². The molecule has 0 fully saturated rings. The van der Waals surface area contributed by atoms with E-state index >= 15 is 0 Å². The number of fused-ring (bicyclic) bond motifs is 1.